The zero-order valence-corrected chi connectivity index (χ0v) is 14.9. The first kappa shape index (κ1) is 16.6. The van der Waals surface area contributed by atoms with Crippen molar-refractivity contribution >= 4 is 5.95 Å². The number of piperidine rings is 1. The summed E-state index contributed by atoms with van der Waals surface area (Å²) in [5, 5.41) is 0. The number of ether oxygens (including phenoxy) is 1. The van der Waals surface area contributed by atoms with E-state index in [1.807, 2.05) is 33.8 Å². The number of hydrogen-bond acceptors (Lipinski definition) is 6. The van der Waals surface area contributed by atoms with Crippen LogP contribution in [-0.2, 0) is 0 Å². The highest BCUT2D eigenvalue weighted by Gasteiger charge is 2.22. The average Bonchev–Trinajstić information content (AvgIpc) is 2.56. The second-order valence-corrected chi connectivity index (χ2v) is 6.58. The molecule has 6 nitrogen and oxygen atoms in total. The fraction of sp³-hybridized carbons (Fsp3) is 0.556. The lowest BCUT2D eigenvalue weighted by Gasteiger charge is -2.32. The number of hydrogen-bond donors (Lipinski definition) is 0. The van der Waals surface area contributed by atoms with Gasteiger partial charge in [-0.25, -0.2) is 19.9 Å². The van der Waals surface area contributed by atoms with Gasteiger partial charge in [-0.15, -0.1) is 0 Å². The largest absolute Gasteiger partial charge is 0.477 e. The van der Waals surface area contributed by atoms with Gasteiger partial charge in [0.05, 0.1) is 6.61 Å². The van der Waals surface area contributed by atoms with Crippen molar-refractivity contribution < 1.29 is 4.74 Å². The summed E-state index contributed by atoms with van der Waals surface area (Å²) >= 11 is 0. The number of rotatable bonds is 4. The van der Waals surface area contributed by atoms with Gasteiger partial charge in [-0.3, -0.25) is 0 Å². The van der Waals surface area contributed by atoms with E-state index in [-0.39, 0.29) is 0 Å². The zero-order chi connectivity index (χ0) is 17.1. The van der Waals surface area contributed by atoms with Crippen molar-refractivity contribution in [2.75, 3.05) is 24.6 Å². The van der Waals surface area contributed by atoms with E-state index in [9.17, 15) is 0 Å². The summed E-state index contributed by atoms with van der Waals surface area (Å²) in [6.07, 6.45) is 3.73. The molecule has 1 saturated heterocycles. The first-order valence-electron chi connectivity index (χ1n) is 8.51. The van der Waals surface area contributed by atoms with Crippen LogP contribution < -0.4 is 9.64 Å². The van der Waals surface area contributed by atoms with Gasteiger partial charge in [0, 0.05) is 35.7 Å². The lowest BCUT2D eigenvalue weighted by Crippen LogP contribution is -2.36. The van der Waals surface area contributed by atoms with Gasteiger partial charge in [0.2, 0.25) is 11.8 Å². The van der Waals surface area contributed by atoms with Crippen molar-refractivity contribution in [3.05, 3.63) is 35.0 Å². The SMILES string of the molecule is Cc1cc(C)nc(N2CCC(COc3ncnc(C)c3C)CC2)n1. The lowest BCUT2D eigenvalue weighted by molar-refractivity contribution is 0.214. The van der Waals surface area contributed by atoms with Gasteiger partial charge in [-0.05, 0) is 52.5 Å². The zero-order valence-electron chi connectivity index (χ0n) is 14.9. The Bertz CT molecular complexity index is 690. The van der Waals surface area contributed by atoms with Crippen LogP contribution in [0.1, 0.15) is 35.5 Å². The monoisotopic (exact) mass is 327 g/mol. The van der Waals surface area contributed by atoms with Gasteiger partial charge in [-0.1, -0.05) is 0 Å². The van der Waals surface area contributed by atoms with E-state index in [1.165, 1.54) is 0 Å². The highest BCUT2D eigenvalue weighted by molar-refractivity contribution is 5.32. The third kappa shape index (κ3) is 3.80. The van der Waals surface area contributed by atoms with Crippen LogP contribution in [0, 0.1) is 33.6 Å². The molecule has 0 N–H and O–H groups in total. The van der Waals surface area contributed by atoms with E-state index in [0.717, 1.165) is 54.5 Å². The van der Waals surface area contributed by atoms with E-state index in [4.69, 9.17) is 4.74 Å². The third-order valence-corrected chi connectivity index (χ3v) is 4.61. The van der Waals surface area contributed by atoms with Gasteiger partial charge in [-0.2, -0.15) is 0 Å². The van der Waals surface area contributed by atoms with Crippen LogP contribution in [0.3, 0.4) is 0 Å². The Morgan fingerprint density at radius 1 is 1.04 bits per heavy atom. The topological polar surface area (TPSA) is 64.0 Å². The Morgan fingerprint density at radius 2 is 1.71 bits per heavy atom. The Kier molecular flexibility index (Phi) is 4.92. The summed E-state index contributed by atoms with van der Waals surface area (Å²) in [6.45, 7) is 10.7. The molecule has 1 fully saturated rings. The van der Waals surface area contributed by atoms with Crippen molar-refractivity contribution in [1.82, 2.24) is 19.9 Å². The van der Waals surface area contributed by atoms with Gasteiger partial charge < -0.3 is 9.64 Å². The minimum absolute atomic E-state index is 0.543. The van der Waals surface area contributed by atoms with Crippen LogP contribution in [0.25, 0.3) is 0 Å². The number of aromatic nitrogens is 4. The maximum Gasteiger partial charge on any atom is 0.225 e. The summed E-state index contributed by atoms with van der Waals surface area (Å²) in [6, 6.07) is 2.01. The molecule has 1 aliphatic heterocycles. The molecular formula is C18H25N5O. The average molecular weight is 327 g/mol. The molecule has 2 aromatic rings. The molecule has 1 aliphatic rings. The minimum atomic E-state index is 0.543. The summed E-state index contributed by atoms with van der Waals surface area (Å²) in [5.74, 6) is 2.11. The summed E-state index contributed by atoms with van der Waals surface area (Å²) in [4.78, 5) is 19.8. The molecular weight excluding hydrogens is 302 g/mol. The molecule has 0 unspecified atom stereocenters. The van der Waals surface area contributed by atoms with Crippen LogP contribution in [0.5, 0.6) is 5.88 Å². The number of aryl methyl sites for hydroxylation is 3. The molecule has 24 heavy (non-hydrogen) atoms. The number of anilines is 1. The van der Waals surface area contributed by atoms with Gasteiger partial charge in [0.15, 0.2) is 0 Å². The van der Waals surface area contributed by atoms with Crippen LogP contribution in [0.15, 0.2) is 12.4 Å². The molecule has 0 saturated carbocycles. The molecule has 0 radical (unpaired) electrons. The fourth-order valence-electron chi connectivity index (χ4n) is 3.01. The second-order valence-electron chi connectivity index (χ2n) is 6.58. The first-order chi connectivity index (χ1) is 11.5. The molecule has 6 heteroatoms. The highest BCUT2D eigenvalue weighted by Crippen LogP contribution is 2.23. The first-order valence-corrected chi connectivity index (χ1v) is 8.51. The quantitative estimate of drug-likeness (QED) is 0.860. The smallest absolute Gasteiger partial charge is 0.225 e. The second kappa shape index (κ2) is 7.11. The van der Waals surface area contributed by atoms with Crippen molar-refractivity contribution in [2.45, 2.75) is 40.5 Å². The number of nitrogens with zero attached hydrogens (tertiary/aromatic N) is 5. The standard InChI is InChI=1S/C18H25N5O/c1-12-9-13(2)22-18(21-12)23-7-5-16(6-8-23)10-24-17-14(3)15(4)19-11-20-17/h9,11,16H,5-8,10H2,1-4H3. The van der Waals surface area contributed by atoms with Gasteiger partial charge in [0.1, 0.15) is 6.33 Å². The van der Waals surface area contributed by atoms with E-state index < -0.39 is 0 Å². The van der Waals surface area contributed by atoms with Crippen LogP contribution in [0.4, 0.5) is 5.95 Å². The molecule has 3 heterocycles. The normalized spacial score (nSPS) is 15.6. The Balaban J connectivity index is 1.54. The third-order valence-electron chi connectivity index (χ3n) is 4.61. The predicted octanol–water partition coefficient (Wildman–Crippen LogP) is 2.80. The minimum Gasteiger partial charge on any atom is -0.477 e. The molecule has 0 bridgehead atoms. The fourth-order valence-corrected chi connectivity index (χ4v) is 3.01. The van der Waals surface area contributed by atoms with Crippen molar-refractivity contribution in [1.29, 1.82) is 0 Å². The van der Waals surface area contributed by atoms with E-state index in [2.05, 4.69) is 24.8 Å². The molecule has 0 aliphatic carbocycles. The molecule has 3 rings (SSSR count). The van der Waals surface area contributed by atoms with Crippen LogP contribution in [-0.4, -0.2) is 39.6 Å². The van der Waals surface area contributed by atoms with Gasteiger partial charge >= 0.3 is 0 Å². The molecule has 128 valence electrons. The predicted molar refractivity (Wildman–Crippen MR) is 93.4 cm³/mol. The molecule has 0 spiro atoms. The molecule has 0 atom stereocenters. The van der Waals surface area contributed by atoms with E-state index >= 15 is 0 Å². The van der Waals surface area contributed by atoms with E-state index in [0.29, 0.717) is 18.4 Å². The van der Waals surface area contributed by atoms with Crippen LogP contribution >= 0.6 is 0 Å². The van der Waals surface area contributed by atoms with Gasteiger partial charge in [0.25, 0.3) is 0 Å². The van der Waals surface area contributed by atoms with Crippen molar-refractivity contribution in [3.8, 4) is 5.88 Å². The summed E-state index contributed by atoms with van der Waals surface area (Å²) < 4.78 is 5.94. The van der Waals surface area contributed by atoms with Crippen molar-refractivity contribution in [3.63, 3.8) is 0 Å². The Hall–Kier alpha value is -2.24. The molecule has 0 aromatic carbocycles. The lowest BCUT2D eigenvalue weighted by atomic mass is 9.98. The summed E-state index contributed by atoms with van der Waals surface area (Å²) in [7, 11) is 0. The molecule has 0 amide bonds. The molecule has 2 aromatic heterocycles. The van der Waals surface area contributed by atoms with Crippen LogP contribution in [0.2, 0.25) is 0 Å². The maximum atomic E-state index is 5.94. The maximum absolute atomic E-state index is 5.94. The highest BCUT2D eigenvalue weighted by atomic mass is 16.5. The Labute approximate surface area is 143 Å². The van der Waals surface area contributed by atoms with Crippen molar-refractivity contribution in [2.24, 2.45) is 5.92 Å². The summed E-state index contributed by atoms with van der Waals surface area (Å²) in [5.41, 5.74) is 4.05. The Morgan fingerprint density at radius 3 is 2.38 bits per heavy atom. The van der Waals surface area contributed by atoms with E-state index in [1.54, 1.807) is 6.33 Å².